The zero-order valence-electron chi connectivity index (χ0n) is 11.0. The number of ether oxygens (including phenoxy) is 1. The van der Waals surface area contributed by atoms with E-state index in [0.717, 1.165) is 9.37 Å². The van der Waals surface area contributed by atoms with E-state index in [9.17, 15) is 9.00 Å². The number of hydrogen-bond acceptors (Lipinski definition) is 3. The summed E-state index contributed by atoms with van der Waals surface area (Å²) in [6.07, 6.45) is 0. The Morgan fingerprint density at radius 2 is 1.95 bits per heavy atom. The van der Waals surface area contributed by atoms with Crippen molar-refractivity contribution in [2.75, 3.05) is 12.4 Å². The summed E-state index contributed by atoms with van der Waals surface area (Å²) in [4.78, 5) is 11.6. The molecule has 2 rings (SSSR count). The first-order chi connectivity index (χ1) is 10.1. The zero-order chi connectivity index (χ0) is 15.2. The second kappa shape index (κ2) is 7.38. The molecule has 21 heavy (non-hydrogen) atoms. The highest BCUT2D eigenvalue weighted by atomic mass is 79.9. The van der Waals surface area contributed by atoms with Crippen LogP contribution in [-0.2, 0) is 10.8 Å². The average Bonchev–Trinajstić information content (AvgIpc) is 2.48. The molecule has 0 radical (unpaired) electrons. The smallest absolute Gasteiger partial charge is 0.335 e. The van der Waals surface area contributed by atoms with Crippen LogP contribution in [0.4, 0.5) is 0 Å². The lowest BCUT2D eigenvalue weighted by atomic mass is 10.2. The first kappa shape index (κ1) is 15.7. The van der Waals surface area contributed by atoms with Gasteiger partial charge in [-0.05, 0) is 46.3 Å². The summed E-state index contributed by atoms with van der Waals surface area (Å²) in [7, 11) is -1.17. The van der Waals surface area contributed by atoms with Crippen LogP contribution < -0.4 is 4.74 Å². The fourth-order valence-electron chi connectivity index (χ4n) is 1.69. The summed E-state index contributed by atoms with van der Waals surface area (Å²) >= 11 is 3.36. The third kappa shape index (κ3) is 4.41. The predicted molar refractivity (Wildman–Crippen MR) is 84.3 cm³/mol. The average molecular weight is 369 g/mol. The number of aromatic carboxylic acids is 1. The van der Waals surface area contributed by atoms with Gasteiger partial charge in [-0.15, -0.1) is 0 Å². The molecule has 6 heteroatoms. The van der Waals surface area contributed by atoms with Crippen LogP contribution >= 0.6 is 15.9 Å². The molecule has 1 N–H and O–H groups in total. The molecule has 0 aliphatic carbocycles. The predicted octanol–water partition coefficient (Wildman–Crippen LogP) is 3.33. The van der Waals surface area contributed by atoms with Crippen molar-refractivity contribution < 1.29 is 18.8 Å². The number of halogens is 1. The van der Waals surface area contributed by atoms with Gasteiger partial charge in [0.2, 0.25) is 0 Å². The van der Waals surface area contributed by atoms with Crippen molar-refractivity contribution >= 4 is 32.7 Å². The number of carboxylic acids is 1. The monoisotopic (exact) mass is 368 g/mol. The van der Waals surface area contributed by atoms with Gasteiger partial charge in [0.1, 0.15) is 12.4 Å². The molecule has 0 heterocycles. The van der Waals surface area contributed by atoms with Gasteiger partial charge in [-0.2, -0.15) is 0 Å². The highest BCUT2D eigenvalue weighted by molar-refractivity contribution is 9.10. The van der Waals surface area contributed by atoms with Crippen molar-refractivity contribution in [3.05, 3.63) is 58.6 Å². The van der Waals surface area contributed by atoms with Crippen LogP contribution in [0.5, 0.6) is 5.75 Å². The van der Waals surface area contributed by atoms with E-state index in [1.165, 1.54) is 12.1 Å². The van der Waals surface area contributed by atoms with Gasteiger partial charge in [-0.25, -0.2) is 4.79 Å². The van der Waals surface area contributed by atoms with Gasteiger partial charge in [0, 0.05) is 4.47 Å². The van der Waals surface area contributed by atoms with Gasteiger partial charge in [0.25, 0.3) is 0 Å². The fraction of sp³-hybridized carbons (Fsp3) is 0.133. The topological polar surface area (TPSA) is 63.6 Å². The summed E-state index contributed by atoms with van der Waals surface area (Å²) in [5.41, 5.74) is 0.166. The Kier molecular flexibility index (Phi) is 5.52. The summed E-state index contributed by atoms with van der Waals surface area (Å²) in [6, 6.07) is 13.6. The van der Waals surface area contributed by atoms with Crippen molar-refractivity contribution in [2.24, 2.45) is 0 Å². The Balaban J connectivity index is 1.93. The van der Waals surface area contributed by atoms with Gasteiger partial charge in [0.15, 0.2) is 0 Å². The molecule has 0 bridgehead atoms. The first-order valence-corrected chi connectivity index (χ1v) is 8.28. The fourth-order valence-corrected chi connectivity index (χ4v) is 3.49. The molecule has 1 unspecified atom stereocenters. The normalized spacial score (nSPS) is 11.9. The van der Waals surface area contributed by atoms with E-state index in [1.807, 2.05) is 18.2 Å². The van der Waals surface area contributed by atoms with Crippen LogP contribution in [-0.4, -0.2) is 27.6 Å². The molecule has 110 valence electrons. The number of rotatable bonds is 6. The van der Waals surface area contributed by atoms with E-state index >= 15 is 0 Å². The van der Waals surface area contributed by atoms with Crippen LogP contribution in [0.25, 0.3) is 0 Å². The van der Waals surface area contributed by atoms with Crippen LogP contribution in [0, 0.1) is 0 Å². The van der Waals surface area contributed by atoms with E-state index in [1.54, 1.807) is 18.2 Å². The summed E-state index contributed by atoms with van der Waals surface area (Å²) in [5.74, 6) is -0.212. The largest absolute Gasteiger partial charge is 0.493 e. The molecular formula is C15H13BrO4S. The lowest BCUT2D eigenvalue weighted by molar-refractivity contribution is 0.0696. The zero-order valence-corrected chi connectivity index (χ0v) is 13.4. The second-order valence-corrected chi connectivity index (χ2v) is 6.55. The van der Waals surface area contributed by atoms with Crippen molar-refractivity contribution in [3.8, 4) is 5.75 Å². The molecule has 0 amide bonds. The quantitative estimate of drug-likeness (QED) is 0.849. The molecule has 0 aliphatic rings. The van der Waals surface area contributed by atoms with Crippen LogP contribution in [0.3, 0.4) is 0 Å². The standard InChI is InChI=1S/C15H13BrO4S/c16-13-6-1-2-7-14(13)21(19)9-8-20-12-5-3-4-11(10-12)15(17)18/h1-7,10H,8-9H2,(H,17,18). The molecule has 0 aliphatic heterocycles. The van der Waals surface area contributed by atoms with Gasteiger partial charge in [0.05, 0.1) is 27.0 Å². The van der Waals surface area contributed by atoms with E-state index in [4.69, 9.17) is 9.84 Å². The molecule has 1 atom stereocenters. The minimum absolute atomic E-state index is 0.166. The van der Waals surface area contributed by atoms with Crippen LogP contribution in [0.1, 0.15) is 10.4 Å². The van der Waals surface area contributed by atoms with E-state index < -0.39 is 16.8 Å². The van der Waals surface area contributed by atoms with Crippen molar-refractivity contribution in [2.45, 2.75) is 4.90 Å². The van der Waals surface area contributed by atoms with E-state index in [0.29, 0.717) is 11.5 Å². The van der Waals surface area contributed by atoms with Gasteiger partial charge in [-0.1, -0.05) is 18.2 Å². The van der Waals surface area contributed by atoms with Crippen LogP contribution in [0.2, 0.25) is 0 Å². The first-order valence-electron chi connectivity index (χ1n) is 6.17. The van der Waals surface area contributed by atoms with Crippen molar-refractivity contribution in [1.29, 1.82) is 0 Å². The van der Waals surface area contributed by atoms with Gasteiger partial charge in [-0.3, -0.25) is 4.21 Å². The number of hydrogen-bond donors (Lipinski definition) is 1. The Morgan fingerprint density at radius 3 is 2.67 bits per heavy atom. The van der Waals surface area contributed by atoms with Gasteiger partial charge >= 0.3 is 5.97 Å². The van der Waals surface area contributed by atoms with Crippen LogP contribution in [0.15, 0.2) is 57.9 Å². The third-order valence-corrected chi connectivity index (χ3v) is 5.04. The Labute approximate surface area is 133 Å². The molecular weight excluding hydrogens is 356 g/mol. The summed E-state index contributed by atoms with van der Waals surface area (Å²) in [6.45, 7) is 0.247. The molecule has 0 aromatic heterocycles. The van der Waals surface area contributed by atoms with Crippen molar-refractivity contribution in [1.82, 2.24) is 0 Å². The van der Waals surface area contributed by atoms with Crippen molar-refractivity contribution in [3.63, 3.8) is 0 Å². The summed E-state index contributed by atoms with van der Waals surface area (Å²) < 4.78 is 18.4. The van der Waals surface area contributed by atoms with E-state index in [-0.39, 0.29) is 12.2 Å². The Hall–Kier alpha value is -1.66. The maximum atomic E-state index is 12.1. The maximum Gasteiger partial charge on any atom is 0.335 e. The third-order valence-electron chi connectivity index (χ3n) is 2.70. The molecule has 2 aromatic carbocycles. The molecule has 4 nitrogen and oxygen atoms in total. The highest BCUT2D eigenvalue weighted by Crippen LogP contribution is 2.20. The number of carbonyl (C=O) groups is 1. The minimum Gasteiger partial charge on any atom is -0.493 e. The van der Waals surface area contributed by atoms with Gasteiger partial charge < -0.3 is 9.84 Å². The molecule has 0 saturated carbocycles. The molecule has 0 spiro atoms. The molecule has 0 saturated heterocycles. The minimum atomic E-state index is -1.17. The summed E-state index contributed by atoms with van der Waals surface area (Å²) in [5, 5.41) is 8.89. The lowest BCUT2D eigenvalue weighted by Gasteiger charge is -2.08. The lowest BCUT2D eigenvalue weighted by Crippen LogP contribution is -2.09. The highest BCUT2D eigenvalue weighted by Gasteiger charge is 2.08. The SMILES string of the molecule is O=C(O)c1cccc(OCCS(=O)c2ccccc2Br)c1. The molecule has 2 aromatic rings. The van der Waals surface area contributed by atoms with E-state index in [2.05, 4.69) is 15.9 Å². The molecule has 0 fully saturated rings. The Morgan fingerprint density at radius 1 is 1.19 bits per heavy atom. The Bertz CT molecular complexity index is 672. The second-order valence-electron chi connectivity index (χ2n) is 4.16. The maximum absolute atomic E-state index is 12.1. The number of carboxylic acid groups (broad SMARTS) is 1. The number of benzene rings is 2.